The predicted octanol–water partition coefficient (Wildman–Crippen LogP) is 5.52. The molecule has 1 saturated carbocycles. The summed E-state index contributed by atoms with van der Waals surface area (Å²) in [6, 6.07) is 9.22. The molecule has 2 aromatic rings. The summed E-state index contributed by atoms with van der Waals surface area (Å²) in [6.45, 7) is 4.45. The van der Waals surface area contributed by atoms with Crippen molar-refractivity contribution in [3.63, 3.8) is 0 Å². The number of fused-ring (bicyclic) bond motifs is 1. The molecule has 0 amide bonds. The third kappa shape index (κ3) is 3.66. The van der Waals surface area contributed by atoms with Crippen molar-refractivity contribution >= 4 is 38.7 Å². The van der Waals surface area contributed by atoms with Crippen molar-refractivity contribution in [3.05, 3.63) is 34.5 Å². The maximum Gasteiger partial charge on any atom is 0.134 e. The Morgan fingerprint density at radius 1 is 1.38 bits per heavy atom. The van der Waals surface area contributed by atoms with Gasteiger partial charge in [-0.3, -0.25) is 0 Å². The lowest BCUT2D eigenvalue weighted by Crippen LogP contribution is -2.29. The molecule has 0 saturated heterocycles. The molecule has 1 fully saturated rings. The van der Waals surface area contributed by atoms with Crippen LogP contribution < -0.4 is 5.32 Å². The molecule has 3 unspecified atom stereocenters. The minimum absolute atomic E-state index is 0.270. The van der Waals surface area contributed by atoms with Gasteiger partial charge in [0.15, 0.2) is 0 Å². The normalized spacial score (nSPS) is 23.8. The minimum atomic E-state index is 0.270. The molecule has 1 aliphatic rings. The molecule has 21 heavy (non-hydrogen) atoms. The summed E-state index contributed by atoms with van der Waals surface area (Å²) in [4.78, 5) is 0. The highest BCUT2D eigenvalue weighted by Crippen LogP contribution is 2.32. The summed E-state index contributed by atoms with van der Waals surface area (Å²) in [6.07, 6.45) is 3.92. The summed E-state index contributed by atoms with van der Waals surface area (Å²) in [5, 5.41) is 5.75. The second-order valence-electron chi connectivity index (χ2n) is 5.81. The van der Waals surface area contributed by atoms with Gasteiger partial charge in [-0.25, -0.2) is 0 Å². The van der Waals surface area contributed by atoms with Crippen molar-refractivity contribution in [1.82, 2.24) is 5.32 Å². The summed E-state index contributed by atoms with van der Waals surface area (Å²) < 4.78 is 7.08. The SMILES string of the molecule is CCSC1CCC(NC(C)c2cc3cc(Br)ccc3o2)C1. The highest BCUT2D eigenvalue weighted by atomic mass is 79.9. The van der Waals surface area contributed by atoms with Crippen LogP contribution in [0.3, 0.4) is 0 Å². The first kappa shape index (κ1) is 15.4. The van der Waals surface area contributed by atoms with Crippen molar-refractivity contribution in [2.24, 2.45) is 0 Å². The third-order valence-corrected chi connectivity index (χ3v) is 5.92. The van der Waals surface area contributed by atoms with Crippen molar-refractivity contribution in [2.75, 3.05) is 5.75 Å². The third-order valence-electron chi connectivity index (χ3n) is 4.20. The first-order valence-electron chi connectivity index (χ1n) is 7.72. The van der Waals surface area contributed by atoms with E-state index in [1.807, 2.05) is 12.1 Å². The van der Waals surface area contributed by atoms with Crippen LogP contribution in [0.4, 0.5) is 0 Å². The number of hydrogen-bond acceptors (Lipinski definition) is 3. The number of furan rings is 1. The minimum Gasteiger partial charge on any atom is -0.459 e. The molecule has 0 radical (unpaired) electrons. The standard InChI is InChI=1S/C17H22BrNOS/c1-3-21-15-6-5-14(10-15)19-11(2)17-9-12-8-13(18)4-7-16(12)20-17/h4,7-9,11,14-15,19H,3,5-6,10H2,1-2H3. The van der Waals surface area contributed by atoms with Crippen LogP contribution in [0, 0.1) is 0 Å². The fraction of sp³-hybridized carbons (Fsp3) is 0.529. The molecule has 1 aromatic carbocycles. The number of hydrogen-bond donors (Lipinski definition) is 1. The van der Waals surface area contributed by atoms with Crippen molar-refractivity contribution in [2.45, 2.75) is 50.4 Å². The van der Waals surface area contributed by atoms with Gasteiger partial charge in [-0.1, -0.05) is 22.9 Å². The molecule has 0 bridgehead atoms. The number of halogens is 1. The van der Waals surface area contributed by atoms with E-state index in [2.05, 4.69) is 59.0 Å². The zero-order valence-corrected chi connectivity index (χ0v) is 15.0. The molecule has 3 atom stereocenters. The van der Waals surface area contributed by atoms with Crippen LogP contribution in [-0.2, 0) is 0 Å². The van der Waals surface area contributed by atoms with E-state index in [1.54, 1.807) is 0 Å². The van der Waals surface area contributed by atoms with Gasteiger partial charge in [0.05, 0.1) is 6.04 Å². The molecule has 0 aliphatic heterocycles. The molecule has 4 heteroatoms. The van der Waals surface area contributed by atoms with Gasteiger partial charge in [-0.15, -0.1) is 0 Å². The maximum absolute atomic E-state index is 5.98. The zero-order chi connectivity index (χ0) is 14.8. The number of rotatable bonds is 5. The topological polar surface area (TPSA) is 25.2 Å². The van der Waals surface area contributed by atoms with Crippen LogP contribution in [-0.4, -0.2) is 17.0 Å². The van der Waals surface area contributed by atoms with E-state index in [1.165, 1.54) is 30.4 Å². The van der Waals surface area contributed by atoms with E-state index in [-0.39, 0.29) is 6.04 Å². The average Bonchev–Trinajstić information content (AvgIpc) is 3.05. The van der Waals surface area contributed by atoms with E-state index in [4.69, 9.17) is 4.42 Å². The molecule has 114 valence electrons. The molecule has 1 heterocycles. The first-order valence-corrected chi connectivity index (χ1v) is 9.56. The Balaban J connectivity index is 1.65. The van der Waals surface area contributed by atoms with Crippen LogP contribution in [0.1, 0.15) is 44.9 Å². The van der Waals surface area contributed by atoms with E-state index in [0.29, 0.717) is 6.04 Å². The molecule has 1 aliphatic carbocycles. The average molecular weight is 368 g/mol. The van der Waals surface area contributed by atoms with E-state index < -0.39 is 0 Å². The number of benzene rings is 1. The second-order valence-corrected chi connectivity index (χ2v) is 8.30. The van der Waals surface area contributed by atoms with Gasteiger partial charge in [-0.2, -0.15) is 11.8 Å². The molecular formula is C17H22BrNOS. The van der Waals surface area contributed by atoms with Crippen LogP contribution in [0.25, 0.3) is 11.0 Å². The fourth-order valence-corrected chi connectivity index (χ4v) is 4.68. The van der Waals surface area contributed by atoms with Crippen LogP contribution in [0.15, 0.2) is 33.2 Å². The van der Waals surface area contributed by atoms with E-state index in [9.17, 15) is 0 Å². The largest absolute Gasteiger partial charge is 0.459 e. The lowest BCUT2D eigenvalue weighted by molar-refractivity contribution is 0.402. The second kappa shape index (κ2) is 6.76. The Hall–Kier alpha value is -0.450. The van der Waals surface area contributed by atoms with Crippen molar-refractivity contribution in [1.29, 1.82) is 0 Å². The first-order chi connectivity index (χ1) is 10.2. The number of thioether (sulfide) groups is 1. The summed E-state index contributed by atoms with van der Waals surface area (Å²) in [5.41, 5.74) is 0.965. The van der Waals surface area contributed by atoms with Gasteiger partial charge >= 0.3 is 0 Å². The Kier molecular flexibility index (Phi) is 4.97. The summed E-state index contributed by atoms with van der Waals surface area (Å²) >= 11 is 5.61. The number of nitrogens with one attached hydrogen (secondary N) is 1. The smallest absolute Gasteiger partial charge is 0.134 e. The van der Waals surface area contributed by atoms with Crippen LogP contribution in [0.2, 0.25) is 0 Å². The maximum atomic E-state index is 5.98. The molecule has 2 nitrogen and oxygen atoms in total. The Labute approximate surface area is 139 Å². The zero-order valence-electron chi connectivity index (χ0n) is 12.6. The molecule has 1 N–H and O–H groups in total. The van der Waals surface area contributed by atoms with E-state index in [0.717, 1.165) is 21.1 Å². The van der Waals surface area contributed by atoms with Crippen LogP contribution in [0.5, 0.6) is 0 Å². The van der Waals surface area contributed by atoms with E-state index >= 15 is 0 Å². The van der Waals surface area contributed by atoms with Crippen LogP contribution >= 0.6 is 27.7 Å². The highest BCUT2D eigenvalue weighted by molar-refractivity contribution is 9.10. The van der Waals surface area contributed by atoms with Gasteiger partial charge in [-0.05, 0) is 56.2 Å². The highest BCUT2D eigenvalue weighted by Gasteiger charge is 2.26. The Morgan fingerprint density at radius 3 is 3.05 bits per heavy atom. The Bertz CT molecular complexity index is 612. The molecule has 3 rings (SSSR count). The van der Waals surface area contributed by atoms with Gasteiger partial charge < -0.3 is 9.73 Å². The lowest BCUT2D eigenvalue weighted by Gasteiger charge is -2.17. The Morgan fingerprint density at radius 2 is 2.24 bits per heavy atom. The quantitative estimate of drug-likeness (QED) is 0.752. The van der Waals surface area contributed by atoms with Gasteiger partial charge in [0.2, 0.25) is 0 Å². The van der Waals surface area contributed by atoms with Gasteiger partial charge in [0, 0.05) is 21.2 Å². The predicted molar refractivity (Wildman–Crippen MR) is 95.0 cm³/mol. The van der Waals surface area contributed by atoms with Gasteiger partial charge in [0.1, 0.15) is 11.3 Å². The molecular weight excluding hydrogens is 346 g/mol. The molecule has 0 spiro atoms. The van der Waals surface area contributed by atoms with Crippen molar-refractivity contribution in [3.8, 4) is 0 Å². The summed E-state index contributed by atoms with van der Waals surface area (Å²) in [7, 11) is 0. The molecule has 1 aromatic heterocycles. The van der Waals surface area contributed by atoms with Crippen molar-refractivity contribution < 1.29 is 4.42 Å². The van der Waals surface area contributed by atoms with Gasteiger partial charge in [0.25, 0.3) is 0 Å². The summed E-state index contributed by atoms with van der Waals surface area (Å²) in [5.74, 6) is 2.26. The monoisotopic (exact) mass is 367 g/mol. The fourth-order valence-electron chi connectivity index (χ4n) is 3.16. The lowest BCUT2D eigenvalue weighted by atomic mass is 10.1.